The van der Waals surface area contributed by atoms with E-state index in [0.717, 1.165) is 0 Å². The predicted octanol–water partition coefficient (Wildman–Crippen LogP) is 2.58. The van der Waals surface area contributed by atoms with Gasteiger partial charge >= 0.3 is 0 Å². The number of nitrogens with two attached hydrogens (primary N) is 1. The first kappa shape index (κ1) is 15.8. The number of alkyl halides is 2. The zero-order chi connectivity index (χ0) is 12.1. The van der Waals surface area contributed by atoms with E-state index < -0.39 is 6.43 Å². The standard InChI is InChI=1S/C11H14F2N2O.ClH/c1-7(6-14)11(16)15-9-4-2-3-8(5-9)10(12)13;/h2-5,7,10H,6,14H2,1H3,(H,15,16);1H. The van der Waals surface area contributed by atoms with Crippen LogP contribution in [0.5, 0.6) is 0 Å². The Hall–Kier alpha value is -1.20. The fourth-order valence-corrected chi connectivity index (χ4v) is 1.12. The van der Waals surface area contributed by atoms with Gasteiger partial charge in [-0.25, -0.2) is 8.78 Å². The molecule has 96 valence electrons. The fourth-order valence-electron chi connectivity index (χ4n) is 1.12. The van der Waals surface area contributed by atoms with Crippen LogP contribution in [0.4, 0.5) is 14.5 Å². The first-order valence-corrected chi connectivity index (χ1v) is 4.93. The summed E-state index contributed by atoms with van der Waals surface area (Å²) in [5, 5.41) is 2.54. The second-order valence-corrected chi connectivity index (χ2v) is 3.55. The van der Waals surface area contributed by atoms with Gasteiger partial charge in [-0.05, 0) is 12.1 Å². The minimum absolute atomic E-state index is 0. The van der Waals surface area contributed by atoms with E-state index in [2.05, 4.69) is 5.32 Å². The molecule has 0 aliphatic carbocycles. The molecule has 3 nitrogen and oxygen atoms in total. The number of benzene rings is 1. The van der Waals surface area contributed by atoms with Gasteiger partial charge in [-0.1, -0.05) is 19.1 Å². The van der Waals surface area contributed by atoms with Gasteiger partial charge in [0.15, 0.2) is 0 Å². The summed E-state index contributed by atoms with van der Waals surface area (Å²) in [7, 11) is 0. The lowest BCUT2D eigenvalue weighted by molar-refractivity contribution is -0.119. The molecule has 1 atom stereocenters. The lowest BCUT2D eigenvalue weighted by Crippen LogP contribution is -2.26. The molecule has 0 aliphatic heterocycles. The summed E-state index contributed by atoms with van der Waals surface area (Å²) in [6.07, 6.45) is -2.54. The van der Waals surface area contributed by atoms with Gasteiger partial charge in [-0.3, -0.25) is 4.79 Å². The van der Waals surface area contributed by atoms with Crippen molar-refractivity contribution in [1.82, 2.24) is 0 Å². The molecule has 1 rings (SSSR count). The molecule has 1 aromatic rings. The van der Waals surface area contributed by atoms with Crippen LogP contribution in [0.2, 0.25) is 0 Å². The molecule has 0 bridgehead atoms. The molecule has 0 saturated carbocycles. The summed E-state index contributed by atoms with van der Waals surface area (Å²) in [4.78, 5) is 11.4. The van der Waals surface area contributed by atoms with Crippen LogP contribution in [0.25, 0.3) is 0 Å². The van der Waals surface area contributed by atoms with E-state index in [-0.39, 0.29) is 36.3 Å². The van der Waals surface area contributed by atoms with Crippen LogP contribution >= 0.6 is 12.4 Å². The molecule has 0 aliphatic rings. The molecule has 0 spiro atoms. The van der Waals surface area contributed by atoms with E-state index in [1.54, 1.807) is 13.0 Å². The molecule has 0 radical (unpaired) electrons. The largest absolute Gasteiger partial charge is 0.330 e. The Morgan fingerprint density at radius 3 is 2.65 bits per heavy atom. The average Bonchev–Trinajstić information content (AvgIpc) is 2.28. The Morgan fingerprint density at radius 1 is 1.47 bits per heavy atom. The maximum absolute atomic E-state index is 12.4. The predicted molar refractivity (Wildman–Crippen MR) is 65.5 cm³/mol. The molecule has 0 heterocycles. The number of hydrogen-bond acceptors (Lipinski definition) is 2. The number of nitrogens with one attached hydrogen (secondary N) is 1. The Balaban J connectivity index is 0.00000256. The molecule has 0 fully saturated rings. The Morgan fingerprint density at radius 2 is 2.12 bits per heavy atom. The number of carbonyl (C=O) groups excluding carboxylic acids is 1. The second-order valence-electron chi connectivity index (χ2n) is 3.55. The van der Waals surface area contributed by atoms with Crippen molar-refractivity contribution in [2.45, 2.75) is 13.3 Å². The molecule has 17 heavy (non-hydrogen) atoms. The summed E-state index contributed by atoms with van der Waals surface area (Å²) in [5.41, 5.74) is 5.58. The Bertz CT molecular complexity index is 374. The first-order valence-electron chi connectivity index (χ1n) is 4.93. The second kappa shape index (κ2) is 7.19. The van der Waals surface area contributed by atoms with Gasteiger partial charge in [0, 0.05) is 23.7 Å². The quantitative estimate of drug-likeness (QED) is 0.878. The van der Waals surface area contributed by atoms with Crippen molar-refractivity contribution < 1.29 is 13.6 Å². The van der Waals surface area contributed by atoms with Crippen LogP contribution < -0.4 is 11.1 Å². The van der Waals surface area contributed by atoms with E-state index in [4.69, 9.17) is 5.73 Å². The molecule has 1 amide bonds. The highest BCUT2D eigenvalue weighted by Gasteiger charge is 2.12. The maximum atomic E-state index is 12.4. The monoisotopic (exact) mass is 264 g/mol. The zero-order valence-corrected chi connectivity index (χ0v) is 10.1. The summed E-state index contributed by atoms with van der Waals surface area (Å²) < 4.78 is 24.8. The zero-order valence-electron chi connectivity index (χ0n) is 9.32. The molecule has 1 unspecified atom stereocenters. The molecule has 6 heteroatoms. The number of carbonyl (C=O) groups is 1. The minimum atomic E-state index is -2.54. The number of anilines is 1. The van der Waals surface area contributed by atoms with E-state index in [1.807, 2.05) is 0 Å². The van der Waals surface area contributed by atoms with Crippen molar-refractivity contribution in [3.05, 3.63) is 29.8 Å². The maximum Gasteiger partial charge on any atom is 0.263 e. The third-order valence-electron chi connectivity index (χ3n) is 2.21. The Kier molecular flexibility index (Phi) is 6.68. The van der Waals surface area contributed by atoms with Crippen LogP contribution in [0.3, 0.4) is 0 Å². The van der Waals surface area contributed by atoms with Gasteiger partial charge in [0.05, 0.1) is 0 Å². The summed E-state index contributed by atoms with van der Waals surface area (Å²) in [6, 6.07) is 5.61. The lowest BCUT2D eigenvalue weighted by atomic mass is 10.1. The average molecular weight is 265 g/mol. The van der Waals surface area contributed by atoms with Gasteiger partial charge in [-0.2, -0.15) is 0 Å². The van der Waals surface area contributed by atoms with Gasteiger partial charge in [0.25, 0.3) is 6.43 Å². The van der Waals surface area contributed by atoms with E-state index in [1.165, 1.54) is 18.2 Å². The first-order chi connectivity index (χ1) is 7.54. The van der Waals surface area contributed by atoms with E-state index in [9.17, 15) is 13.6 Å². The van der Waals surface area contributed by atoms with Crippen molar-refractivity contribution in [2.75, 3.05) is 11.9 Å². The lowest BCUT2D eigenvalue weighted by Gasteiger charge is -2.10. The summed E-state index contributed by atoms with van der Waals surface area (Å²) in [5.74, 6) is -0.607. The molecule has 1 aromatic carbocycles. The van der Waals surface area contributed by atoms with Crippen LogP contribution in [0.15, 0.2) is 24.3 Å². The van der Waals surface area contributed by atoms with Crippen molar-refractivity contribution in [3.8, 4) is 0 Å². The third kappa shape index (κ3) is 4.66. The highest BCUT2D eigenvalue weighted by atomic mass is 35.5. The number of hydrogen-bond donors (Lipinski definition) is 2. The van der Waals surface area contributed by atoms with Crippen molar-refractivity contribution in [1.29, 1.82) is 0 Å². The fraction of sp³-hybridized carbons (Fsp3) is 0.364. The number of rotatable bonds is 4. The van der Waals surface area contributed by atoms with Gasteiger partial charge in [-0.15, -0.1) is 12.4 Å². The van der Waals surface area contributed by atoms with Gasteiger partial charge < -0.3 is 11.1 Å². The third-order valence-corrected chi connectivity index (χ3v) is 2.21. The van der Waals surface area contributed by atoms with Crippen LogP contribution in [-0.4, -0.2) is 12.5 Å². The van der Waals surface area contributed by atoms with Crippen molar-refractivity contribution >= 4 is 24.0 Å². The molecule has 0 saturated heterocycles. The van der Waals surface area contributed by atoms with Crippen LogP contribution in [0, 0.1) is 5.92 Å². The van der Waals surface area contributed by atoms with Crippen LogP contribution in [-0.2, 0) is 4.79 Å². The van der Waals surface area contributed by atoms with Crippen LogP contribution in [0.1, 0.15) is 18.9 Å². The van der Waals surface area contributed by atoms with E-state index >= 15 is 0 Å². The SMILES string of the molecule is CC(CN)C(=O)Nc1cccc(C(F)F)c1.Cl. The van der Waals surface area contributed by atoms with Crippen molar-refractivity contribution in [2.24, 2.45) is 11.7 Å². The number of halogens is 3. The van der Waals surface area contributed by atoms with Crippen molar-refractivity contribution in [3.63, 3.8) is 0 Å². The molecule has 0 aromatic heterocycles. The summed E-state index contributed by atoms with van der Waals surface area (Å²) in [6.45, 7) is 1.90. The summed E-state index contributed by atoms with van der Waals surface area (Å²) >= 11 is 0. The Labute approximate surface area is 105 Å². The topological polar surface area (TPSA) is 55.1 Å². The minimum Gasteiger partial charge on any atom is -0.330 e. The molecule has 3 N–H and O–H groups in total. The highest BCUT2D eigenvalue weighted by molar-refractivity contribution is 5.92. The normalized spacial score (nSPS) is 11.8. The molecular formula is C11H15ClF2N2O. The highest BCUT2D eigenvalue weighted by Crippen LogP contribution is 2.21. The van der Waals surface area contributed by atoms with Gasteiger partial charge in [0.1, 0.15) is 0 Å². The smallest absolute Gasteiger partial charge is 0.263 e. The molecular weight excluding hydrogens is 250 g/mol. The number of amides is 1. The van der Waals surface area contributed by atoms with Gasteiger partial charge in [0.2, 0.25) is 5.91 Å². The van der Waals surface area contributed by atoms with E-state index in [0.29, 0.717) is 5.69 Å².